The van der Waals surface area contributed by atoms with Gasteiger partial charge in [-0.3, -0.25) is 9.69 Å². The summed E-state index contributed by atoms with van der Waals surface area (Å²) >= 11 is 0. The molecule has 0 saturated carbocycles. The summed E-state index contributed by atoms with van der Waals surface area (Å²) in [5, 5.41) is 0. The maximum Gasteiger partial charge on any atom is 0.146 e. The van der Waals surface area contributed by atoms with Gasteiger partial charge in [0.2, 0.25) is 0 Å². The molecule has 1 heterocycles. The van der Waals surface area contributed by atoms with Gasteiger partial charge >= 0.3 is 0 Å². The summed E-state index contributed by atoms with van der Waals surface area (Å²) in [6.07, 6.45) is 1.21. The quantitative estimate of drug-likeness (QED) is 0.627. The van der Waals surface area contributed by atoms with Crippen LogP contribution < -0.4 is 0 Å². The predicted octanol–water partition coefficient (Wildman–Crippen LogP) is 1.70. The summed E-state index contributed by atoms with van der Waals surface area (Å²) in [4.78, 5) is 13.4. The Bertz CT molecular complexity index is 186. The summed E-state index contributed by atoms with van der Waals surface area (Å²) in [6.45, 7) is 10.3. The van der Waals surface area contributed by atoms with Gasteiger partial charge in [-0.05, 0) is 32.2 Å². The predicted molar refractivity (Wildman–Crippen MR) is 50.1 cm³/mol. The Labute approximate surface area is 74.9 Å². The van der Waals surface area contributed by atoms with Crippen molar-refractivity contribution in [1.82, 2.24) is 4.90 Å². The van der Waals surface area contributed by atoms with Crippen LogP contribution in [0.25, 0.3) is 0 Å². The van der Waals surface area contributed by atoms with E-state index >= 15 is 0 Å². The zero-order valence-corrected chi connectivity index (χ0v) is 8.55. The second kappa shape index (κ2) is 3.17. The van der Waals surface area contributed by atoms with Gasteiger partial charge in [-0.2, -0.15) is 0 Å². The Morgan fingerprint density at radius 3 is 2.42 bits per heavy atom. The van der Waals surface area contributed by atoms with Gasteiger partial charge in [-0.1, -0.05) is 13.8 Å². The Hall–Kier alpha value is -0.370. The number of Topliss-reactive ketones (excluding diaryl/α,β-unsaturated/α-hetero) is 1. The Balaban J connectivity index is 2.52. The molecule has 0 spiro atoms. The molecule has 70 valence electrons. The Morgan fingerprint density at radius 2 is 2.08 bits per heavy atom. The van der Waals surface area contributed by atoms with Gasteiger partial charge in [0.1, 0.15) is 5.78 Å². The zero-order chi connectivity index (χ0) is 9.35. The largest absolute Gasteiger partial charge is 0.298 e. The summed E-state index contributed by atoms with van der Waals surface area (Å²) in [6, 6.07) is 0.117. The van der Waals surface area contributed by atoms with Gasteiger partial charge in [0.05, 0.1) is 6.04 Å². The zero-order valence-electron chi connectivity index (χ0n) is 8.55. The van der Waals surface area contributed by atoms with Crippen LogP contribution in [0.1, 0.15) is 34.1 Å². The standard InChI is InChI=1S/C10H19NO/c1-8(9(2)12)11-6-5-10(3,4)7-11/h8H,5-7H2,1-4H3. The van der Waals surface area contributed by atoms with Gasteiger partial charge in [-0.25, -0.2) is 0 Å². The topological polar surface area (TPSA) is 20.3 Å². The lowest BCUT2D eigenvalue weighted by atomic mass is 9.93. The number of ketones is 1. The van der Waals surface area contributed by atoms with E-state index in [2.05, 4.69) is 18.7 Å². The number of hydrogen-bond donors (Lipinski definition) is 0. The van der Waals surface area contributed by atoms with Crippen molar-refractivity contribution in [2.75, 3.05) is 13.1 Å². The van der Waals surface area contributed by atoms with Crippen LogP contribution in [0.3, 0.4) is 0 Å². The van der Waals surface area contributed by atoms with E-state index in [4.69, 9.17) is 0 Å². The van der Waals surface area contributed by atoms with Crippen molar-refractivity contribution >= 4 is 5.78 Å². The first kappa shape index (κ1) is 9.72. The molecule has 0 radical (unpaired) electrons. The van der Waals surface area contributed by atoms with Crippen LogP contribution in [-0.4, -0.2) is 29.8 Å². The fourth-order valence-corrected chi connectivity index (χ4v) is 1.74. The SMILES string of the molecule is CC(=O)C(C)N1CCC(C)(C)C1. The first-order valence-electron chi connectivity index (χ1n) is 4.67. The van der Waals surface area contributed by atoms with E-state index in [9.17, 15) is 4.79 Å². The second-order valence-electron chi connectivity index (χ2n) is 4.67. The molecule has 0 N–H and O–H groups in total. The molecular formula is C10H19NO. The third-order valence-corrected chi connectivity index (χ3v) is 2.84. The summed E-state index contributed by atoms with van der Waals surface area (Å²) in [5.74, 6) is 0.285. The van der Waals surface area contributed by atoms with Crippen molar-refractivity contribution in [3.63, 3.8) is 0 Å². The van der Waals surface area contributed by atoms with Crippen molar-refractivity contribution in [3.05, 3.63) is 0 Å². The van der Waals surface area contributed by atoms with Gasteiger partial charge in [0, 0.05) is 6.54 Å². The second-order valence-corrected chi connectivity index (χ2v) is 4.67. The molecule has 1 aliphatic rings. The van der Waals surface area contributed by atoms with E-state index < -0.39 is 0 Å². The minimum atomic E-state index is 0.117. The van der Waals surface area contributed by atoms with Gasteiger partial charge < -0.3 is 0 Å². The van der Waals surface area contributed by atoms with E-state index in [1.54, 1.807) is 6.92 Å². The van der Waals surface area contributed by atoms with Crippen molar-refractivity contribution in [2.45, 2.75) is 40.2 Å². The smallest absolute Gasteiger partial charge is 0.146 e. The summed E-state index contributed by atoms with van der Waals surface area (Å²) in [5.41, 5.74) is 0.406. The van der Waals surface area contributed by atoms with E-state index in [0.717, 1.165) is 13.1 Å². The molecule has 0 aromatic heterocycles. The molecule has 1 rings (SSSR count). The van der Waals surface area contributed by atoms with Crippen molar-refractivity contribution in [2.24, 2.45) is 5.41 Å². The maximum atomic E-state index is 11.1. The van der Waals surface area contributed by atoms with Crippen LogP contribution in [0.5, 0.6) is 0 Å². The molecule has 1 fully saturated rings. The first-order chi connectivity index (χ1) is 5.42. The lowest BCUT2D eigenvalue weighted by Crippen LogP contribution is -2.36. The number of rotatable bonds is 2. The van der Waals surface area contributed by atoms with Crippen LogP contribution >= 0.6 is 0 Å². The van der Waals surface area contributed by atoms with Crippen LogP contribution in [-0.2, 0) is 4.79 Å². The third-order valence-electron chi connectivity index (χ3n) is 2.84. The molecule has 0 aromatic carbocycles. The van der Waals surface area contributed by atoms with Gasteiger partial charge in [-0.15, -0.1) is 0 Å². The number of carbonyl (C=O) groups is 1. The lowest BCUT2D eigenvalue weighted by Gasteiger charge is -2.23. The minimum Gasteiger partial charge on any atom is -0.298 e. The molecule has 0 aliphatic carbocycles. The number of nitrogens with zero attached hydrogens (tertiary/aromatic N) is 1. The molecule has 1 aliphatic heterocycles. The molecule has 0 amide bonds. The van der Waals surface area contributed by atoms with Crippen molar-refractivity contribution in [3.8, 4) is 0 Å². The van der Waals surface area contributed by atoms with Crippen molar-refractivity contribution < 1.29 is 4.79 Å². The summed E-state index contributed by atoms with van der Waals surface area (Å²) < 4.78 is 0. The lowest BCUT2D eigenvalue weighted by molar-refractivity contribution is -0.121. The molecule has 1 unspecified atom stereocenters. The number of likely N-dealkylation sites (tertiary alicyclic amines) is 1. The van der Waals surface area contributed by atoms with Crippen molar-refractivity contribution in [1.29, 1.82) is 0 Å². The first-order valence-corrected chi connectivity index (χ1v) is 4.67. The molecule has 12 heavy (non-hydrogen) atoms. The minimum absolute atomic E-state index is 0.117. The highest BCUT2D eigenvalue weighted by atomic mass is 16.1. The highest BCUT2D eigenvalue weighted by Gasteiger charge is 2.32. The monoisotopic (exact) mass is 169 g/mol. The molecule has 1 atom stereocenters. The highest BCUT2D eigenvalue weighted by Crippen LogP contribution is 2.29. The van der Waals surface area contributed by atoms with Gasteiger partial charge in [0.15, 0.2) is 0 Å². The molecular weight excluding hydrogens is 150 g/mol. The highest BCUT2D eigenvalue weighted by molar-refractivity contribution is 5.80. The fraction of sp³-hybridized carbons (Fsp3) is 0.900. The molecule has 2 heteroatoms. The molecule has 1 saturated heterocycles. The number of hydrogen-bond acceptors (Lipinski definition) is 2. The normalized spacial score (nSPS) is 25.7. The molecule has 0 aromatic rings. The van der Waals surface area contributed by atoms with E-state index in [0.29, 0.717) is 5.41 Å². The summed E-state index contributed by atoms with van der Waals surface area (Å²) in [7, 11) is 0. The average molecular weight is 169 g/mol. The van der Waals surface area contributed by atoms with Crippen LogP contribution in [0.15, 0.2) is 0 Å². The Kier molecular flexibility index (Phi) is 2.57. The fourth-order valence-electron chi connectivity index (χ4n) is 1.74. The van der Waals surface area contributed by atoms with E-state index in [-0.39, 0.29) is 11.8 Å². The van der Waals surface area contributed by atoms with Gasteiger partial charge in [0.25, 0.3) is 0 Å². The van der Waals surface area contributed by atoms with E-state index in [1.807, 2.05) is 6.92 Å². The maximum absolute atomic E-state index is 11.1. The third kappa shape index (κ3) is 2.07. The average Bonchev–Trinajstić information content (AvgIpc) is 2.28. The molecule has 2 nitrogen and oxygen atoms in total. The van der Waals surface area contributed by atoms with Crippen LogP contribution in [0.2, 0.25) is 0 Å². The molecule has 0 bridgehead atoms. The van der Waals surface area contributed by atoms with Crippen LogP contribution in [0.4, 0.5) is 0 Å². The van der Waals surface area contributed by atoms with Crippen LogP contribution in [0, 0.1) is 5.41 Å². The van der Waals surface area contributed by atoms with E-state index in [1.165, 1.54) is 6.42 Å². The Morgan fingerprint density at radius 1 is 1.50 bits per heavy atom. The number of carbonyl (C=O) groups excluding carboxylic acids is 1.